The van der Waals surface area contributed by atoms with Crippen LogP contribution in [0.5, 0.6) is 5.75 Å². The molecule has 19 heavy (non-hydrogen) atoms. The van der Waals surface area contributed by atoms with Crippen molar-refractivity contribution in [3.63, 3.8) is 0 Å². The van der Waals surface area contributed by atoms with Crippen LogP contribution in [0.4, 0.5) is 5.82 Å². The molecular formula is C14H25N3O2. The number of rotatable bonds is 9. The third-order valence-electron chi connectivity index (χ3n) is 2.58. The maximum absolute atomic E-state index is 5.77. The predicted octanol–water partition coefficient (Wildman–Crippen LogP) is 1.54. The van der Waals surface area contributed by atoms with E-state index >= 15 is 0 Å². The number of nitrogens with zero attached hydrogens (tertiary/aromatic N) is 2. The van der Waals surface area contributed by atoms with Gasteiger partial charge in [0.2, 0.25) is 0 Å². The summed E-state index contributed by atoms with van der Waals surface area (Å²) in [6.07, 6.45) is 1.94. The van der Waals surface area contributed by atoms with Crippen molar-refractivity contribution in [3.05, 3.63) is 18.3 Å². The highest BCUT2D eigenvalue weighted by Gasteiger charge is 2.10. The van der Waals surface area contributed by atoms with Gasteiger partial charge in [0.1, 0.15) is 0 Å². The first kappa shape index (κ1) is 15.7. The van der Waals surface area contributed by atoms with Crippen molar-refractivity contribution < 1.29 is 9.47 Å². The zero-order valence-electron chi connectivity index (χ0n) is 12.3. The Balaban J connectivity index is 2.48. The minimum atomic E-state index is 0.149. The van der Waals surface area contributed by atoms with E-state index in [2.05, 4.69) is 15.2 Å². The van der Waals surface area contributed by atoms with Gasteiger partial charge < -0.3 is 19.7 Å². The van der Waals surface area contributed by atoms with E-state index in [0.717, 1.165) is 37.8 Å². The van der Waals surface area contributed by atoms with Crippen LogP contribution >= 0.6 is 0 Å². The quantitative estimate of drug-likeness (QED) is 0.688. The molecule has 5 nitrogen and oxygen atoms in total. The van der Waals surface area contributed by atoms with Crippen molar-refractivity contribution in [2.45, 2.75) is 20.0 Å². The lowest BCUT2D eigenvalue weighted by molar-refractivity contribution is 0.200. The number of aromatic nitrogens is 1. The number of ether oxygens (including phenoxy) is 2. The van der Waals surface area contributed by atoms with E-state index in [1.165, 1.54) is 0 Å². The smallest absolute Gasteiger partial charge is 0.171 e. The molecular weight excluding hydrogens is 242 g/mol. The van der Waals surface area contributed by atoms with Crippen molar-refractivity contribution in [2.75, 3.05) is 45.3 Å². The van der Waals surface area contributed by atoms with Crippen LogP contribution in [-0.4, -0.2) is 51.5 Å². The molecule has 0 atom stereocenters. The van der Waals surface area contributed by atoms with Gasteiger partial charge in [0.15, 0.2) is 11.6 Å². The van der Waals surface area contributed by atoms with Gasteiger partial charge >= 0.3 is 0 Å². The van der Waals surface area contributed by atoms with Crippen LogP contribution in [0.25, 0.3) is 0 Å². The van der Waals surface area contributed by atoms with E-state index in [0.29, 0.717) is 0 Å². The fourth-order valence-corrected chi connectivity index (χ4v) is 1.67. The highest BCUT2D eigenvalue weighted by molar-refractivity contribution is 5.51. The third-order valence-corrected chi connectivity index (χ3v) is 2.58. The number of anilines is 1. The molecule has 1 aromatic heterocycles. The highest BCUT2D eigenvalue weighted by atomic mass is 16.5. The van der Waals surface area contributed by atoms with Crippen LogP contribution in [0, 0.1) is 0 Å². The topological polar surface area (TPSA) is 46.6 Å². The summed E-state index contributed by atoms with van der Waals surface area (Å²) >= 11 is 0. The van der Waals surface area contributed by atoms with Crippen LogP contribution in [0.15, 0.2) is 18.3 Å². The lowest BCUT2D eigenvalue weighted by Crippen LogP contribution is -2.31. The summed E-state index contributed by atoms with van der Waals surface area (Å²) < 4.78 is 10.8. The first-order valence-corrected chi connectivity index (χ1v) is 6.67. The number of likely N-dealkylation sites (N-methyl/N-ethyl adjacent to an activating group) is 1. The van der Waals surface area contributed by atoms with Gasteiger partial charge in [-0.05, 0) is 26.0 Å². The average Bonchev–Trinajstić information content (AvgIpc) is 2.38. The lowest BCUT2D eigenvalue weighted by Gasteiger charge is -2.22. The molecule has 5 heteroatoms. The summed E-state index contributed by atoms with van der Waals surface area (Å²) in [4.78, 5) is 6.49. The standard InChI is InChI=1S/C14H25N3O2/c1-12(2)19-13-6-5-7-16-14(13)17(3)10-8-15-9-11-18-4/h5-7,12,15H,8-11H2,1-4H3. The molecule has 0 spiro atoms. The molecule has 0 amide bonds. The second-order valence-corrected chi connectivity index (χ2v) is 4.66. The van der Waals surface area contributed by atoms with Crippen molar-refractivity contribution in [1.82, 2.24) is 10.3 Å². The Morgan fingerprint density at radius 3 is 2.84 bits per heavy atom. The molecule has 0 aliphatic heterocycles. The van der Waals surface area contributed by atoms with Crippen molar-refractivity contribution >= 4 is 5.82 Å². The summed E-state index contributed by atoms with van der Waals surface area (Å²) in [5.41, 5.74) is 0. The maximum Gasteiger partial charge on any atom is 0.171 e. The average molecular weight is 267 g/mol. The SMILES string of the molecule is COCCNCCN(C)c1ncccc1OC(C)C. The van der Waals surface area contributed by atoms with Crippen LogP contribution < -0.4 is 15.0 Å². The van der Waals surface area contributed by atoms with Gasteiger partial charge in [0.25, 0.3) is 0 Å². The Morgan fingerprint density at radius 1 is 1.37 bits per heavy atom. The Hall–Kier alpha value is -1.33. The molecule has 0 unspecified atom stereocenters. The van der Waals surface area contributed by atoms with Crippen LogP contribution in [0.3, 0.4) is 0 Å². The zero-order chi connectivity index (χ0) is 14.1. The third kappa shape index (κ3) is 5.89. The predicted molar refractivity (Wildman–Crippen MR) is 78.0 cm³/mol. The monoisotopic (exact) mass is 267 g/mol. The molecule has 0 aromatic carbocycles. The first-order chi connectivity index (χ1) is 9.15. The number of hydrogen-bond donors (Lipinski definition) is 1. The minimum absolute atomic E-state index is 0.149. The summed E-state index contributed by atoms with van der Waals surface area (Å²) in [6, 6.07) is 3.85. The Bertz CT molecular complexity index is 358. The molecule has 108 valence electrons. The first-order valence-electron chi connectivity index (χ1n) is 6.67. The summed E-state index contributed by atoms with van der Waals surface area (Å²) in [7, 11) is 3.73. The second-order valence-electron chi connectivity index (χ2n) is 4.66. The summed E-state index contributed by atoms with van der Waals surface area (Å²) in [5, 5.41) is 3.31. The molecule has 1 aromatic rings. The molecule has 1 N–H and O–H groups in total. The number of hydrogen-bond acceptors (Lipinski definition) is 5. The molecule has 0 fully saturated rings. The number of nitrogens with one attached hydrogen (secondary N) is 1. The minimum Gasteiger partial charge on any atom is -0.487 e. The molecule has 0 bridgehead atoms. The van der Waals surface area contributed by atoms with Crippen LogP contribution in [-0.2, 0) is 4.74 Å². The second kappa shape index (κ2) is 8.72. The normalized spacial score (nSPS) is 10.8. The molecule has 1 rings (SSSR count). The van der Waals surface area contributed by atoms with E-state index in [4.69, 9.17) is 9.47 Å². The maximum atomic E-state index is 5.77. The molecule has 0 saturated carbocycles. The van der Waals surface area contributed by atoms with E-state index in [1.807, 2.05) is 33.0 Å². The van der Waals surface area contributed by atoms with Crippen molar-refractivity contribution in [2.24, 2.45) is 0 Å². The van der Waals surface area contributed by atoms with Crippen LogP contribution in [0.2, 0.25) is 0 Å². The molecule has 1 heterocycles. The fourth-order valence-electron chi connectivity index (χ4n) is 1.67. The summed E-state index contributed by atoms with van der Waals surface area (Å²) in [5.74, 6) is 1.71. The largest absolute Gasteiger partial charge is 0.487 e. The Kier molecular flexibility index (Phi) is 7.22. The van der Waals surface area contributed by atoms with Gasteiger partial charge in [-0.3, -0.25) is 0 Å². The highest BCUT2D eigenvalue weighted by Crippen LogP contribution is 2.24. The van der Waals surface area contributed by atoms with Gasteiger partial charge in [-0.1, -0.05) is 0 Å². The molecule has 0 aliphatic rings. The lowest BCUT2D eigenvalue weighted by atomic mass is 10.3. The Morgan fingerprint density at radius 2 is 2.16 bits per heavy atom. The number of methoxy groups -OCH3 is 1. The van der Waals surface area contributed by atoms with Crippen LogP contribution in [0.1, 0.15) is 13.8 Å². The number of pyridine rings is 1. The van der Waals surface area contributed by atoms with E-state index < -0.39 is 0 Å². The van der Waals surface area contributed by atoms with Gasteiger partial charge in [-0.15, -0.1) is 0 Å². The molecule has 0 aliphatic carbocycles. The van der Waals surface area contributed by atoms with Crippen molar-refractivity contribution in [3.8, 4) is 5.75 Å². The van der Waals surface area contributed by atoms with Gasteiger partial charge in [0.05, 0.1) is 12.7 Å². The van der Waals surface area contributed by atoms with Gasteiger partial charge in [-0.2, -0.15) is 0 Å². The van der Waals surface area contributed by atoms with E-state index in [9.17, 15) is 0 Å². The molecule has 0 saturated heterocycles. The van der Waals surface area contributed by atoms with Crippen molar-refractivity contribution in [1.29, 1.82) is 0 Å². The van der Waals surface area contributed by atoms with E-state index in [1.54, 1.807) is 13.3 Å². The summed E-state index contributed by atoms with van der Waals surface area (Å²) in [6.45, 7) is 7.38. The van der Waals surface area contributed by atoms with E-state index in [-0.39, 0.29) is 6.10 Å². The van der Waals surface area contributed by atoms with Gasteiger partial charge in [0, 0.05) is 40.0 Å². The fraction of sp³-hybridized carbons (Fsp3) is 0.643. The Labute approximate surface area is 115 Å². The van der Waals surface area contributed by atoms with Gasteiger partial charge in [-0.25, -0.2) is 4.98 Å². The molecule has 0 radical (unpaired) electrons. The zero-order valence-corrected chi connectivity index (χ0v) is 12.3.